The zero-order valence-corrected chi connectivity index (χ0v) is 24.2. The van der Waals surface area contributed by atoms with Crippen molar-refractivity contribution < 1.29 is 0 Å². The minimum Gasteiger partial charge on any atom is -0.292 e. The van der Waals surface area contributed by atoms with Gasteiger partial charge in [-0.15, -0.1) is 0 Å². The van der Waals surface area contributed by atoms with E-state index >= 15 is 0 Å². The van der Waals surface area contributed by atoms with E-state index in [0.29, 0.717) is 17.5 Å². The summed E-state index contributed by atoms with van der Waals surface area (Å²) in [6.45, 7) is 0. The second kappa shape index (κ2) is 11.4. The molecule has 8 rings (SSSR count). The Morgan fingerprint density at radius 2 is 0.933 bits per heavy atom. The van der Waals surface area contributed by atoms with E-state index in [9.17, 15) is 0 Å². The second-order valence-corrected chi connectivity index (χ2v) is 10.7. The van der Waals surface area contributed by atoms with Gasteiger partial charge >= 0.3 is 0 Å². The van der Waals surface area contributed by atoms with Crippen molar-refractivity contribution in [2.45, 2.75) is 0 Å². The van der Waals surface area contributed by atoms with E-state index in [0.717, 1.165) is 55.9 Å². The smallest absolute Gasteiger partial charge is 0.164 e. The van der Waals surface area contributed by atoms with Gasteiger partial charge in [0.05, 0.1) is 11.0 Å². The molecule has 0 aliphatic rings. The molecule has 0 aliphatic carbocycles. The maximum atomic E-state index is 4.96. The third-order valence-corrected chi connectivity index (χ3v) is 7.78. The highest BCUT2D eigenvalue weighted by Crippen LogP contribution is 2.31. The first kappa shape index (κ1) is 26.4. The molecule has 0 radical (unpaired) electrons. The highest BCUT2D eigenvalue weighted by atomic mass is 15.1. The zero-order valence-electron chi connectivity index (χ0n) is 24.2. The Morgan fingerprint density at radius 1 is 0.378 bits per heavy atom. The van der Waals surface area contributed by atoms with Gasteiger partial charge in [-0.05, 0) is 53.6 Å². The highest BCUT2D eigenvalue weighted by Gasteiger charge is 2.15. The Hall–Kier alpha value is -6.27. The molecule has 6 nitrogen and oxygen atoms in total. The third kappa shape index (κ3) is 5.15. The fourth-order valence-corrected chi connectivity index (χ4v) is 5.56. The highest BCUT2D eigenvalue weighted by molar-refractivity contribution is 5.83. The Balaban J connectivity index is 1.19. The predicted octanol–water partition coefficient (Wildman–Crippen LogP) is 8.94. The molecular weight excluding hydrogens is 552 g/mol. The van der Waals surface area contributed by atoms with Gasteiger partial charge in [-0.2, -0.15) is 0 Å². The van der Waals surface area contributed by atoms with Crippen molar-refractivity contribution in [2.75, 3.05) is 0 Å². The molecule has 8 aromatic rings. The van der Waals surface area contributed by atoms with Crippen molar-refractivity contribution in [1.82, 2.24) is 29.5 Å². The average molecular weight is 579 g/mol. The van der Waals surface area contributed by atoms with Gasteiger partial charge in [-0.3, -0.25) is 9.55 Å². The number of benzene rings is 5. The zero-order chi connectivity index (χ0) is 30.0. The SMILES string of the molecule is c1ccc(-c2nc(-c3ccccc3)nc(-c3cccc(-c4ccc(-n5c(-c6ccncc6)nc6ccccc65)cc4)c3)n2)cc1. The molecule has 3 heterocycles. The molecule has 0 amide bonds. The van der Waals surface area contributed by atoms with E-state index in [-0.39, 0.29) is 0 Å². The van der Waals surface area contributed by atoms with E-state index in [4.69, 9.17) is 19.9 Å². The summed E-state index contributed by atoms with van der Waals surface area (Å²) in [5.74, 6) is 2.80. The standard InChI is InChI=1S/C39H26N6/c1-3-10-28(11-4-1)36-42-37(29-12-5-2-6-13-29)44-38(43-36)32-15-9-14-31(26-32)27-18-20-33(21-19-27)45-35-17-8-7-16-34(35)41-39(45)30-22-24-40-25-23-30/h1-26H. The molecule has 0 atom stereocenters. The lowest BCUT2D eigenvalue weighted by molar-refractivity contribution is 1.07. The first-order chi connectivity index (χ1) is 22.3. The number of hydrogen-bond donors (Lipinski definition) is 0. The number of nitrogens with zero attached hydrogens (tertiary/aromatic N) is 6. The minimum absolute atomic E-state index is 0.632. The summed E-state index contributed by atoms with van der Waals surface area (Å²) in [6.07, 6.45) is 3.60. The van der Waals surface area contributed by atoms with Crippen LogP contribution in [0.25, 0.3) is 73.4 Å². The van der Waals surface area contributed by atoms with Crippen LogP contribution in [0, 0.1) is 0 Å². The largest absolute Gasteiger partial charge is 0.292 e. The summed E-state index contributed by atoms with van der Waals surface area (Å²) in [5.41, 5.74) is 9.04. The molecule has 0 unspecified atom stereocenters. The maximum Gasteiger partial charge on any atom is 0.164 e. The van der Waals surface area contributed by atoms with Gasteiger partial charge in [-0.25, -0.2) is 19.9 Å². The number of rotatable bonds is 6. The molecule has 3 aromatic heterocycles. The lowest BCUT2D eigenvalue weighted by Gasteiger charge is -2.12. The number of imidazole rings is 1. The van der Waals surface area contributed by atoms with Crippen LogP contribution in [-0.2, 0) is 0 Å². The summed E-state index contributed by atoms with van der Waals surface area (Å²) in [5, 5.41) is 0. The Kier molecular flexibility index (Phi) is 6.70. The monoisotopic (exact) mass is 578 g/mol. The Labute approximate surface area is 260 Å². The molecule has 0 spiro atoms. The lowest BCUT2D eigenvalue weighted by atomic mass is 10.0. The van der Waals surface area contributed by atoms with Crippen LogP contribution < -0.4 is 0 Å². The molecule has 0 saturated carbocycles. The number of aromatic nitrogens is 6. The fourth-order valence-electron chi connectivity index (χ4n) is 5.56. The van der Waals surface area contributed by atoms with Gasteiger partial charge in [0.15, 0.2) is 17.5 Å². The van der Waals surface area contributed by atoms with E-state index < -0.39 is 0 Å². The molecule has 0 bridgehead atoms. The summed E-state index contributed by atoms with van der Waals surface area (Å²) in [4.78, 5) is 23.8. The quantitative estimate of drug-likeness (QED) is 0.197. The van der Waals surface area contributed by atoms with Crippen molar-refractivity contribution in [3.63, 3.8) is 0 Å². The Morgan fingerprint density at radius 3 is 1.60 bits per heavy atom. The van der Waals surface area contributed by atoms with Crippen molar-refractivity contribution in [3.05, 3.63) is 158 Å². The van der Waals surface area contributed by atoms with Gasteiger partial charge < -0.3 is 0 Å². The molecule has 0 fully saturated rings. The van der Waals surface area contributed by atoms with Crippen LogP contribution in [-0.4, -0.2) is 29.5 Å². The molecular formula is C39H26N6. The Bertz CT molecular complexity index is 2190. The third-order valence-electron chi connectivity index (χ3n) is 7.78. The van der Waals surface area contributed by atoms with Crippen LogP contribution >= 0.6 is 0 Å². The van der Waals surface area contributed by atoms with E-state index in [1.165, 1.54) is 0 Å². The summed E-state index contributed by atoms with van der Waals surface area (Å²) >= 11 is 0. The molecule has 212 valence electrons. The van der Waals surface area contributed by atoms with E-state index in [1.807, 2.05) is 91.0 Å². The number of pyridine rings is 1. The fraction of sp³-hybridized carbons (Fsp3) is 0. The molecule has 6 heteroatoms. The molecule has 0 saturated heterocycles. The first-order valence-corrected chi connectivity index (χ1v) is 14.8. The minimum atomic E-state index is 0.632. The number of para-hydroxylation sites is 2. The van der Waals surface area contributed by atoms with Crippen molar-refractivity contribution >= 4 is 11.0 Å². The molecule has 0 N–H and O–H groups in total. The van der Waals surface area contributed by atoms with Crippen molar-refractivity contribution in [3.8, 4) is 62.4 Å². The van der Waals surface area contributed by atoms with Crippen LogP contribution in [0.4, 0.5) is 0 Å². The van der Waals surface area contributed by atoms with E-state index in [1.54, 1.807) is 12.4 Å². The normalized spacial score (nSPS) is 11.1. The van der Waals surface area contributed by atoms with Crippen LogP contribution in [0.15, 0.2) is 158 Å². The van der Waals surface area contributed by atoms with Gasteiger partial charge in [-0.1, -0.05) is 103 Å². The van der Waals surface area contributed by atoms with Gasteiger partial charge in [0.25, 0.3) is 0 Å². The van der Waals surface area contributed by atoms with Gasteiger partial charge in [0.1, 0.15) is 5.82 Å². The van der Waals surface area contributed by atoms with Crippen molar-refractivity contribution in [1.29, 1.82) is 0 Å². The molecule has 5 aromatic carbocycles. The lowest BCUT2D eigenvalue weighted by Crippen LogP contribution is -2.00. The average Bonchev–Trinajstić information content (AvgIpc) is 3.52. The van der Waals surface area contributed by atoms with Crippen LogP contribution in [0.1, 0.15) is 0 Å². The topological polar surface area (TPSA) is 69.4 Å². The predicted molar refractivity (Wildman–Crippen MR) is 179 cm³/mol. The molecule has 0 aliphatic heterocycles. The number of hydrogen-bond acceptors (Lipinski definition) is 5. The van der Waals surface area contributed by atoms with Gasteiger partial charge in [0.2, 0.25) is 0 Å². The maximum absolute atomic E-state index is 4.96. The first-order valence-electron chi connectivity index (χ1n) is 14.8. The van der Waals surface area contributed by atoms with Crippen LogP contribution in [0.3, 0.4) is 0 Å². The molecule has 45 heavy (non-hydrogen) atoms. The van der Waals surface area contributed by atoms with Crippen LogP contribution in [0.5, 0.6) is 0 Å². The van der Waals surface area contributed by atoms with Crippen LogP contribution in [0.2, 0.25) is 0 Å². The second-order valence-electron chi connectivity index (χ2n) is 10.7. The van der Waals surface area contributed by atoms with E-state index in [2.05, 4.69) is 64.1 Å². The van der Waals surface area contributed by atoms with Crippen molar-refractivity contribution in [2.24, 2.45) is 0 Å². The summed E-state index contributed by atoms with van der Waals surface area (Å²) in [6, 6.07) is 49.2. The summed E-state index contributed by atoms with van der Waals surface area (Å²) in [7, 11) is 0. The summed E-state index contributed by atoms with van der Waals surface area (Å²) < 4.78 is 2.20. The number of fused-ring (bicyclic) bond motifs is 1. The van der Waals surface area contributed by atoms with Gasteiger partial charge in [0, 0.05) is 40.3 Å².